The van der Waals surface area contributed by atoms with Crippen LogP contribution in [0.25, 0.3) is 11.3 Å². The van der Waals surface area contributed by atoms with Crippen LogP contribution in [0.15, 0.2) is 59.0 Å². The molecule has 0 radical (unpaired) electrons. The van der Waals surface area contributed by atoms with Crippen molar-refractivity contribution in [3.05, 3.63) is 54.6 Å². The normalized spacial score (nSPS) is 16.3. The van der Waals surface area contributed by atoms with E-state index in [0.717, 1.165) is 11.1 Å². The van der Waals surface area contributed by atoms with Gasteiger partial charge in [0.25, 0.3) is 0 Å². The van der Waals surface area contributed by atoms with Crippen LogP contribution in [-0.4, -0.2) is 42.4 Å². The van der Waals surface area contributed by atoms with Crippen molar-refractivity contribution in [3.8, 4) is 23.1 Å². The Labute approximate surface area is 204 Å². The van der Waals surface area contributed by atoms with Gasteiger partial charge in [-0.05, 0) is 37.5 Å². The highest BCUT2D eigenvalue weighted by molar-refractivity contribution is 5.90. The van der Waals surface area contributed by atoms with Crippen molar-refractivity contribution in [2.45, 2.75) is 51.3 Å². The second kappa shape index (κ2) is 12.3. The summed E-state index contributed by atoms with van der Waals surface area (Å²) in [5.74, 6) is 1.10. The van der Waals surface area contributed by atoms with E-state index in [-0.39, 0.29) is 24.5 Å². The van der Waals surface area contributed by atoms with Crippen LogP contribution in [-0.2, 0) is 4.74 Å². The number of hydrogen-bond acceptors (Lipinski definition) is 7. The predicted molar refractivity (Wildman–Crippen MR) is 130 cm³/mol. The minimum Gasteiger partial charge on any atom is -0.496 e. The lowest BCUT2D eigenvalue weighted by Gasteiger charge is -2.23. The average Bonchev–Trinajstić information content (AvgIpc) is 3.38. The third kappa shape index (κ3) is 7.11. The highest BCUT2D eigenvalue weighted by atomic mass is 16.6. The van der Waals surface area contributed by atoms with E-state index in [2.05, 4.69) is 20.9 Å². The van der Waals surface area contributed by atoms with Crippen molar-refractivity contribution in [3.63, 3.8) is 0 Å². The van der Waals surface area contributed by atoms with Crippen LogP contribution in [0.2, 0.25) is 0 Å². The maximum atomic E-state index is 12.6. The van der Waals surface area contributed by atoms with Gasteiger partial charge in [-0.2, -0.15) is 5.26 Å². The minimum atomic E-state index is -0.579. The zero-order valence-electron chi connectivity index (χ0n) is 19.9. The number of methoxy groups -OCH3 is 1. The molecule has 1 aliphatic rings. The number of ether oxygens (including phenoxy) is 2. The Morgan fingerprint density at radius 1 is 1.37 bits per heavy atom. The maximum Gasteiger partial charge on any atom is 0.407 e. The van der Waals surface area contributed by atoms with Crippen LogP contribution in [0.4, 0.5) is 15.3 Å². The van der Waals surface area contributed by atoms with E-state index in [9.17, 15) is 9.59 Å². The van der Waals surface area contributed by atoms with E-state index in [1.54, 1.807) is 24.4 Å². The number of hydrogen-bond donors (Lipinski definition) is 3. The van der Waals surface area contributed by atoms with E-state index < -0.39 is 12.2 Å². The number of carbonyl (C=O) groups excluding carboxylic acids is 2. The van der Waals surface area contributed by atoms with Crippen molar-refractivity contribution in [1.29, 1.82) is 5.26 Å². The largest absolute Gasteiger partial charge is 0.496 e. The van der Waals surface area contributed by atoms with Gasteiger partial charge in [0.05, 0.1) is 43.4 Å². The third-order valence-electron chi connectivity index (χ3n) is 5.45. The topological polar surface area (TPSA) is 139 Å². The summed E-state index contributed by atoms with van der Waals surface area (Å²) in [5, 5.41) is 17.3. The van der Waals surface area contributed by atoms with Gasteiger partial charge < -0.3 is 29.8 Å². The Hall–Kier alpha value is -4.26. The Balaban J connectivity index is 1.57. The van der Waals surface area contributed by atoms with Gasteiger partial charge in [-0.3, -0.25) is 0 Å². The SMILES string of the molecule is CCC(CC#N)OC(=O)N[C@H](C)C1=CC(NC(=O)Nc2ccc(-c3cnco3)c(OC)c2)CC=C1. The van der Waals surface area contributed by atoms with Gasteiger partial charge in [-0.15, -0.1) is 0 Å². The van der Waals surface area contributed by atoms with Gasteiger partial charge in [-0.25, -0.2) is 14.6 Å². The van der Waals surface area contributed by atoms with Crippen LogP contribution in [0.3, 0.4) is 0 Å². The second-order valence-corrected chi connectivity index (χ2v) is 7.95. The number of carbonyl (C=O) groups is 2. The van der Waals surface area contributed by atoms with E-state index in [4.69, 9.17) is 19.2 Å². The lowest BCUT2D eigenvalue weighted by atomic mass is 9.98. The molecule has 1 aromatic heterocycles. The van der Waals surface area contributed by atoms with Crippen molar-refractivity contribution in [2.75, 3.05) is 12.4 Å². The number of nitrogens with one attached hydrogen (secondary N) is 3. The smallest absolute Gasteiger partial charge is 0.407 e. The van der Waals surface area contributed by atoms with E-state index in [1.165, 1.54) is 13.5 Å². The summed E-state index contributed by atoms with van der Waals surface area (Å²) in [7, 11) is 1.54. The van der Waals surface area contributed by atoms with Gasteiger partial charge in [-0.1, -0.05) is 25.2 Å². The summed E-state index contributed by atoms with van der Waals surface area (Å²) in [6, 6.07) is 6.27. The second-order valence-electron chi connectivity index (χ2n) is 7.95. The number of alkyl carbamates (subject to hydrolysis) is 1. The number of aromatic nitrogens is 1. The number of benzene rings is 1. The van der Waals surface area contributed by atoms with Crippen molar-refractivity contribution >= 4 is 17.8 Å². The first-order valence-electron chi connectivity index (χ1n) is 11.3. The molecule has 0 saturated carbocycles. The molecule has 0 saturated heterocycles. The van der Waals surface area contributed by atoms with E-state index in [1.807, 2.05) is 38.1 Å². The summed E-state index contributed by atoms with van der Waals surface area (Å²) in [6.45, 7) is 3.68. The molecule has 3 amide bonds. The maximum absolute atomic E-state index is 12.6. The fourth-order valence-electron chi connectivity index (χ4n) is 3.57. The number of urea groups is 1. The molecule has 2 unspecified atom stereocenters. The summed E-state index contributed by atoms with van der Waals surface area (Å²) in [4.78, 5) is 28.7. The van der Waals surface area contributed by atoms with Crippen LogP contribution in [0.1, 0.15) is 33.1 Å². The molecule has 184 valence electrons. The number of anilines is 1. The van der Waals surface area contributed by atoms with Crippen molar-refractivity contribution in [1.82, 2.24) is 15.6 Å². The number of nitrogens with zero attached hydrogens (tertiary/aromatic N) is 2. The molecule has 0 spiro atoms. The van der Waals surface area contributed by atoms with E-state index in [0.29, 0.717) is 30.0 Å². The van der Waals surface area contributed by atoms with Gasteiger partial charge in [0, 0.05) is 11.8 Å². The average molecular weight is 480 g/mol. The molecule has 10 heteroatoms. The molecular weight excluding hydrogens is 450 g/mol. The molecular formula is C25H29N5O5. The first-order valence-corrected chi connectivity index (χ1v) is 11.3. The van der Waals surface area contributed by atoms with Crippen LogP contribution in [0.5, 0.6) is 5.75 Å². The molecule has 1 aromatic carbocycles. The highest BCUT2D eigenvalue weighted by Crippen LogP contribution is 2.32. The molecule has 2 aromatic rings. The molecule has 1 aliphatic carbocycles. The molecule has 3 rings (SSSR count). The van der Waals surface area contributed by atoms with Crippen molar-refractivity contribution < 1.29 is 23.5 Å². The molecule has 3 N–H and O–H groups in total. The number of nitriles is 1. The summed E-state index contributed by atoms with van der Waals surface area (Å²) in [6.07, 6.45) is 8.96. The fraction of sp³-hybridized carbons (Fsp3) is 0.360. The first-order chi connectivity index (χ1) is 16.9. The van der Waals surface area contributed by atoms with Crippen LogP contribution >= 0.6 is 0 Å². The molecule has 1 heterocycles. The molecule has 0 fully saturated rings. The number of amides is 3. The number of rotatable bonds is 9. The monoisotopic (exact) mass is 479 g/mol. The lowest BCUT2D eigenvalue weighted by Crippen LogP contribution is -2.40. The van der Waals surface area contributed by atoms with Gasteiger partial charge >= 0.3 is 12.1 Å². The molecule has 0 aliphatic heterocycles. The third-order valence-corrected chi connectivity index (χ3v) is 5.45. The predicted octanol–water partition coefficient (Wildman–Crippen LogP) is 4.53. The Bertz CT molecular complexity index is 1120. The molecule has 10 nitrogen and oxygen atoms in total. The molecule has 0 bridgehead atoms. The molecule has 35 heavy (non-hydrogen) atoms. The van der Waals surface area contributed by atoms with Crippen molar-refractivity contribution in [2.24, 2.45) is 0 Å². The van der Waals surface area contributed by atoms with Crippen LogP contribution < -0.4 is 20.7 Å². The standard InChI is InChI=1S/C25H29N5O5/c1-4-20(10-11-26)35-25(32)28-16(2)17-6-5-7-18(12-17)29-24(31)30-19-8-9-21(22(13-19)33-3)23-14-27-15-34-23/h5-6,8-9,12-16,18,20H,4,7,10H2,1-3H3,(H,28,32)(H2,29,30,31)/t16-,18?,20?/m1/s1. The zero-order chi connectivity index (χ0) is 25.2. The summed E-state index contributed by atoms with van der Waals surface area (Å²) in [5.41, 5.74) is 2.11. The van der Waals surface area contributed by atoms with Gasteiger partial charge in [0.1, 0.15) is 11.9 Å². The molecule has 3 atom stereocenters. The van der Waals surface area contributed by atoms with Gasteiger partial charge in [0.15, 0.2) is 12.2 Å². The summed E-state index contributed by atoms with van der Waals surface area (Å²) < 4.78 is 16.0. The fourth-order valence-corrected chi connectivity index (χ4v) is 3.57. The van der Waals surface area contributed by atoms with Gasteiger partial charge in [0.2, 0.25) is 0 Å². The van der Waals surface area contributed by atoms with E-state index >= 15 is 0 Å². The van der Waals surface area contributed by atoms with Crippen LogP contribution in [0, 0.1) is 11.3 Å². The quantitative estimate of drug-likeness (QED) is 0.480. The summed E-state index contributed by atoms with van der Waals surface area (Å²) >= 11 is 0. The Morgan fingerprint density at radius 2 is 2.20 bits per heavy atom. The Morgan fingerprint density at radius 3 is 2.89 bits per heavy atom. The zero-order valence-corrected chi connectivity index (χ0v) is 19.9. The Kier molecular flexibility index (Phi) is 8.89. The highest BCUT2D eigenvalue weighted by Gasteiger charge is 2.20. The first kappa shape index (κ1) is 25.4. The minimum absolute atomic E-state index is 0.149. The lowest BCUT2D eigenvalue weighted by molar-refractivity contribution is 0.0960. The number of oxazole rings is 1.